The molecule has 1 N–H and O–H groups in total. The molecule has 1 aliphatic rings. The SMILES string of the molecule is CN(CCN1CCOCC1)c1ccnc(-c2nsc(NC(=O)c3ccc(C(F)(F)F)cc3)n2)c1. The van der Waals surface area contributed by atoms with Crippen molar-refractivity contribution >= 4 is 28.3 Å². The third-order valence-electron chi connectivity index (χ3n) is 5.39. The largest absolute Gasteiger partial charge is 0.416 e. The molecule has 0 aliphatic carbocycles. The van der Waals surface area contributed by atoms with E-state index in [1.807, 2.05) is 19.2 Å². The molecule has 1 amide bonds. The van der Waals surface area contributed by atoms with Gasteiger partial charge in [-0.15, -0.1) is 0 Å². The Bertz CT molecular complexity index is 1120. The maximum absolute atomic E-state index is 12.7. The number of ether oxygens (including phenoxy) is 1. The summed E-state index contributed by atoms with van der Waals surface area (Å²) in [7, 11) is 2.00. The standard InChI is InChI=1S/C22H23F3N6O2S/c1-30(8-9-31-10-12-33-13-11-31)17-6-7-26-18(14-17)19-27-21(34-29-19)28-20(32)15-2-4-16(5-3-15)22(23,24)25/h2-7,14H,8-13H2,1H3,(H,27,28,29,32). The number of hydrogen-bond donors (Lipinski definition) is 1. The highest BCUT2D eigenvalue weighted by atomic mass is 32.1. The van der Waals surface area contributed by atoms with Crippen LogP contribution in [-0.2, 0) is 10.9 Å². The molecule has 1 fully saturated rings. The van der Waals surface area contributed by atoms with E-state index < -0.39 is 17.6 Å². The number of morpholine rings is 1. The highest BCUT2D eigenvalue weighted by Gasteiger charge is 2.30. The van der Waals surface area contributed by atoms with Crippen LogP contribution in [0.3, 0.4) is 0 Å². The molecule has 0 radical (unpaired) electrons. The number of hydrogen-bond acceptors (Lipinski definition) is 8. The lowest BCUT2D eigenvalue weighted by Gasteiger charge is -2.29. The van der Waals surface area contributed by atoms with E-state index in [1.165, 1.54) is 0 Å². The predicted octanol–water partition coefficient (Wildman–Crippen LogP) is 3.64. The lowest BCUT2D eigenvalue weighted by molar-refractivity contribution is -0.137. The number of carbonyl (C=O) groups is 1. The van der Waals surface area contributed by atoms with Crippen molar-refractivity contribution in [3.8, 4) is 11.5 Å². The van der Waals surface area contributed by atoms with Gasteiger partial charge in [0.2, 0.25) is 5.13 Å². The fourth-order valence-corrected chi connectivity index (χ4v) is 3.96. The molecule has 12 heteroatoms. The first kappa shape index (κ1) is 24.0. The van der Waals surface area contributed by atoms with E-state index in [-0.39, 0.29) is 10.7 Å². The van der Waals surface area contributed by atoms with Crippen molar-refractivity contribution in [1.82, 2.24) is 19.2 Å². The maximum Gasteiger partial charge on any atom is 0.416 e. The molecule has 0 bridgehead atoms. The number of likely N-dealkylation sites (N-methyl/N-ethyl adjacent to an activating group) is 1. The Morgan fingerprint density at radius 1 is 1.21 bits per heavy atom. The van der Waals surface area contributed by atoms with Crippen LogP contribution in [0.4, 0.5) is 24.0 Å². The molecule has 0 saturated carbocycles. The van der Waals surface area contributed by atoms with Crippen LogP contribution in [0.25, 0.3) is 11.5 Å². The predicted molar refractivity (Wildman–Crippen MR) is 123 cm³/mol. The minimum absolute atomic E-state index is 0.0896. The zero-order chi connectivity index (χ0) is 24.1. The number of alkyl halides is 3. The summed E-state index contributed by atoms with van der Waals surface area (Å²) >= 11 is 0.973. The van der Waals surface area contributed by atoms with Crippen LogP contribution in [0.15, 0.2) is 42.6 Å². The van der Waals surface area contributed by atoms with E-state index in [2.05, 4.69) is 29.5 Å². The van der Waals surface area contributed by atoms with Gasteiger partial charge in [-0.05, 0) is 36.4 Å². The van der Waals surface area contributed by atoms with Gasteiger partial charge in [0.15, 0.2) is 5.82 Å². The van der Waals surface area contributed by atoms with Crippen LogP contribution in [-0.4, -0.2) is 71.6 Å². The van der Waals surface area contributed by atoms with Crippen molar-refractivity contribution in [2.45, 2.75) is 6.18 Å². The second-order valence-corrected chi connectivity index (χ2v) is 8.48. The van der Waals surface area contributed by atoms with Gasteiger partial charge in [-0.3, -0.25) is 20.0 Å². The summed E-state index contributed by atoms with van der Waals surface area (Å²) < 4.78 is 47.8. The summed E-state index contributed by atoms with van der Waals surface area (Å²) in [6.45, 7) is 5.14. The fourth-order valence-electron chi connectivity index (χ4n) is 3.38. The first-order valence-electron chi connectivity index (χ1n) is 10.6. The van der Waals surface area contributed by atoms with Gasteiger partial charge in [0.25, 0.3) is 5.91 Å². The van der Waals surface area contributed by atoms with E-state index in [4.69, 9.17) is 4.74 Å². The molecule has 0 atom stereocenters. The van der Waals surface area contributed by atoms with Gasteiger partial charge in [0, 0.05) is 62.2 Å². The van der Waals surface area contributed by atoms with E-state index in [1.54, 1.807) is 6.20 Å². The summed E-state index contributed by atoms with van der Waals surface area (Å²) in [5.74, 6) is -0.211. The number of halogens is 3. The number of pyridine rings is 1. The number of anilines is 2. The molecule has 3 aromatic rings. The molecule has 1 aliphatic heterocycles. The van der Waals surface area contributed by atoms with Crippen LogP contribution >= 0.6 is 11.5 Å². The number of amides is 1. The Morgan fingerprint density at radius 3 is 2.65 bits per heavy atom. The molecule has 3 heterocycles. The molecule has 0 unspecified atom stereocenters. The number of nitrogens with one attached hydrogen (secondary N) is 1. The van der Waals surface area contributed by atoms with E-state index in [0.717, 1.165) is 80.9 Å². The lowest BCUT2D eigenvalue weighted by atomic mass is 10.1. The van der Waals surface area contributed by atoms with Crippen LogP contribution in [0, 0.1) is 0 Å². The van der Waals surface area contributed by atoms with Gasteiger partial charge in [-0.2, -0.15) is 22.5 Å². The summed E-state index contributed by atoms with van der Waals surface area (Å²) in [6, 6.07) is 7.76. The molecular formula is C22H23F3N6O2S. The molecule has 180 valence electrons. The van der Waals surface area contributed by atoms with Gasteiger partial charge in [-0.25, -0.2) is 0 Å². The van der Waals surface area contributed by atoms with Crippen molar-refractivity contribution < 1.29 is 22.7 Å². The van der Waals surface area contributed by atoms with Crippen molar-refractivity contribution in [2.75, 3.05) is 56.7 Å². The van der Waals surface area contributed by atoms with Crippen LogP contribution < -0.4 is 10.2 Å². The van der Waals surface area contributed by atoms with Crippen molar-refractivity contribution in [1.29, 1.82) is 0 Å². The minimum Gasteiger partial charge on any atom is -0.379 e. The summed E-state index contributed by atoms with van der Waals surface area (Å²) in [5, 5.41) is 2.80. The van der Waals surface area contributed by atoms with Crippen molar-refractivity contribution in [3.05, 3.63) is 53.7 Å². The quantitative estimate of drug-likeness (QED) is 0.539. The fraction of sp³-hybridized carbons (Fsp3) is 0.364. The Morgan fingerprint density at radius 2 is 1.94 bits per heavy atom. The highest BCUT2D eigenvalue weighted by molar-refractivity contribution is 7.10. The van der Waals surface area contributed by atoms with Gasteiger partial charge < -0.3 is 9.64 Å². The molecule has 4 rings (SSSR count). The van der Waals surface area contributed by atoms with Gasteiger partial charge >= 0.3 is 6.18 Å². The van der Waals surface area contributed by atoms with Crippen LogP contribution in [0.2, 0.25) is 0 Å². The number of rotatable bonds is 7. The molecule has 8 nitrogen and oxygen atoms in total. The Labute approximate surface area is 198 Å². The molecular weight excluding hydrogens is 469 g/mol. The number of aromatic nitrogens is 3. The van der Waals surface area contributed by atoms with Crippen LogP contribution in [0.1, 0.15) is 15.9 Å². The van der Waals surface area contributed by atoms with Crippen LogP contribution in [0.5, 0.6) is 0 Å². The summed E-state index contributed by atoms with van der Waals surface area (Å²) in [5.41, 5.74) is 0.792. The Kier molecular flexibility index (Phi) is 7.39. The zero-order valence-electron chi connectivity index (χ0n) is 18.4. The monoisotopic (exact) mass is 492 g/mol. The summed E-state index contributed by atoms with van der Waals surface area (Å²) in [6.07, 6.45) is -2.78. The average molecular weight is 493 g/mol. The topological polar surface area (TPSA) is 83.5 Å². The molecule has 1 saturated heterocycles. The average Bonchev–Trinajstić information content (AvgIpc) is 3.31. The van der Waals surface area contributed by atoms with Gasteiger partial charge in [0.1, 0.15) is 5.69 Å². The van der Waals surface area contributed by atoms with E-state index in [0.29, 0.717) is 11.5 Å². The normalized spacial score (nSPS) is 14.7. The third-order valence-corrected chi connectivity index (χ3v) is 6.02. The van der Waals surface area contributed by atoms with E-state index in [9.17, 15) is 18.0 Å². The van der Waals surface area contributed by atoms with Crippen molar-refractivity contribution in [2.24, 2.45) is 0 Å². The number of nitrogens with zero attached hydrogens (tertiary/aromatic N) is 5. The lowest BCUT2D eigenvalue weighted by Crippen LogP contribution is -2.40. The molecule has 0 spiro atoms. The highest BCUT2D eigenvalue weighted by Crippen LogP contribution is 2.29. The first-order valence-corrected chi connectivity index (χ1v) is 11.4. The molecule has 1 aromatic carbocycles. The van der Waals surface area contributed by atoms with Crippen molar-refractivity contribution in [3.63, 3.8) is 0 Å². The molecule has 34 heavy (non-hydrogen) atoms. The number of carbonyl (C=O) groups excluding carboxylic acids is 1. The zero-order valence-corrected chi connectivity index (χ0v) is 19.2. The summed E-state index contributed by atoms with van der Waals surface area (Å²) in [4.78, 5) is 25.5. The third kappa shape index (κ3) is 6.07. The Hall–Kier alpha value is -3.09. The second-order valence-electron chi connectivity index (χ2n) is 7.73. The maximum atomic E-state index is 12.7. The number of benzene rings is 1. The Balaban J connectivity index is 1.38. The van der Waals surface area contributed by atoms with Gasteiger partial charge in [-0.1, -0.05) is 0 Å². The first-order chi connectivity index (χ1) is 16.3. The second kappa shape index (κ2) is 10.5. The molecule has 2 aromatic heterocycles. The smallest absolute Gasteiger partial charge is 0.379 e. The van der Waals surface area contributed by atoms with E-state index >= 15 is 0 Å². The minimum atomic E-state index is -4.46. The van der Waals surface area contributed by atoms with Gasteiger partial charge in [0.05, 0.1) is 18.8 Å².